The fourth-order valence-electron chi connectivity index (χ4n) is 3.26. The minimum atomic E-state index is -0.0924. The van der Waals surface area contributed by atoms with Crippen LogP contribution in [-0.2, 0) is 5.41 Å². The number of nitrogens with two attached hydrogens (primary N) is 1. The van der Waals surface area contributed by atoms with Gasteiger partial charge in [-0.3, -0.25) is 4.98 Å². The van der Waals surface area contributed by atoms with Crippen molar-refractivity contribution in [2.24, 2.45) is 5.73 Å². The number of halogens is 1. The molecule has 0 saturated heterocycles. The third-order valence-electron chi connectivity index (χ3n) is 4.97. The lowest BCUT2D eigenvalue weighted by atomic mass is 9.84. The van der Waals surface area contributed by atoms with E-state index in [0.717, 1.165) is 26.6 Å². The Bertz CT molecular complexity index is 1120. The average molecular weight is 383 g/mol. The molecule has 0 aliphatic rings. The Morgan fingerprint density at radius 2 is 1.92 bits per heavy atom. The van der Waals surface area contributed by atoms with E-state index in [-0.39, 0.29) is 11.2 Å². The van der Waals surface area contributed by atoms with Crippen molar-refractivity contribution in [2.45, 2.75) is 19.3 Å². The van der Waals surface area contributed by atoms with Gasteiger partial charge in [0.05, 0.1) is 15.2 Å². The molecule has 5 heteroatoms. The quantitative estimate of drug-likeness (QED) is 0.477. The van der Waals surface area contributed by atoms with Crippen LogP contribution in [0.2, 0.25) is 5.02 Å². The Kier molecular flexibility index (Phi) is 4.14. The summed E-state index contributed by atoms with van der Waals surface area (Å²) in [5.41, 5.74) is 9.36. The Labute approximate surface area is 161 Å². The number of thiophene rings is 1. The largest absolute Gasteiger partial charge is 0.507 e. The molecule has 3 N–H and O–H groups in total. The number of fused-ring (bicyclic) bond motifs is 3. The first-order valence-corrected chi connectivity index (χ1v) is 9.66. The van der Waals surface area contributed by atoms with Crippen LogP contribution in [0.4, 0.5) is 0 Å². The highest BCUT2D eigenvalue weighted by molar-refractivity contribution is 7.17. The third-order valence-corrected chi connectivity index (χ3v) is 6.11. The highest BCUT2D eigenvalue weighted by Crippen LogP contribution is 2.43. The number of aromatic nitrogens is 1. The van der Waals surface area contributed by atoms with Crippen molar-refractivity contribution in [3.63, 3.8) is 0 Å². The van der Waals surface area contributed by atoms with E-state index in [1.807, 2.05) is 23.7 Å². The van der Waals surface area contributed by atoms with Crippen LogP contribution in [0.3, 0.4) is 0 Å². The molecule has 4 aromatic rings. The SMILES string of the molecule is CC(C)(CN)c1ccc(-c2c(O)cc(Cl)c3ncc4sccc4c23)cc1. The van der Waals surface area contributed by atoms with Crippen molar-refractivity contribution < 1.29 is 5.11 Å². The fraction of sp³-hybridized carbons (Fsp3) is 0.190. The fourth-order valence-corrected chi connectivity index (χ4v) is 4.27. The molecule has 4 rings (SSSR count). The van der Waals surface area contributed by atoms with Crippen LogP contribution in [0.1, 0.15) is 19.4 Å². The summed E-state index contributed by atoms with van der Waals surface area (Å²) in [5.74, 6) is 0.161. The second kappa shape index (κ2) is 6.23. The third kappa shape index (κ3) is 2.65. The number of benzene rings is 2. The van der Waals surface area contributed by atoms with E-state index in [4.69, 9.17) is 17.3 Å². The van der Waals surface area contributed by atoms with E-state index >= 15 is 0 Å². The van der Waals surface area contributed by atoms with Crippen LogP contribution < -0.4 is 5.73 Å². The average Bonchev–Trinajstić information content (AvgIpc) is 3.11. The standard InChI is InChI=1S/C21H19ClN2OS/c1-21(2,11-23)13-5-3-12(4-6-13)18-16(25)9-15(22)20-19(18)14-7-8-26-17(14)10-24-20/h3-10,25H,11,23H2,1-2H3. The van der Waals surface area contributed by atoms with Gasteiger partial charge in [0.2, 0.25) is 0 Å². The molecule has 3 nitrogen and oxygen atoms in total. The number of hydrogen-bond donors (Lipinski definition) is 2. The van der Waals surface area contributed by atoms with Gasteiger partial charge in [-0.1, -0.05) is 49.7 Å². The van der Waals surface area contributed by atoms with Gasteiger partial charge in [0.1, 0.15) is 5.75 Å². The molecule has 2 aromatic carbocycles. The lowest BCUT2D eigenvalue weighted by molar-refractivity contribution is 0.478. The van der Waals surface area contributed by atoms with E-state index < -0.39 is 0 Å². The molecule has 0 radical (unpaired) electrons. The molecule has 0 aliphatic carbocycles. The Hall–Kier alpha value is -2.14. The summed E-state index contributed by atoms with van der Waals surface area (Å²) < 4.78 is 1.07. The van der Waals surface area contributed by atoms with Gasteiger partial charge in [0.15, 0.2) is 0 Å². The van der Waals surface area contributed by atoms with Crippen LogP contribution in [-0.4, -0.2) is 16.6 Å². The van der Waals surface area contributed by atoms with E-state index in [0.29, 0.717) is 17.1 Å². The number of phenols is 1. The van der Waals surface area contributed by atoms with E-state index in [1.54, 1.807) is 17.4 Å². The Morgan fingerprint density at radius 1 is 1.19 bits per heavy atom. The van der Waals surface area contributed by atoms with Crippen molar-refractivity contribution in [2.75, 3.05) is 6.54 Å². The zero-order valence-electron chi connectivity index (χ0n) is 14.6. The second-order valence-corrected chi connectivity index (χ2v) is 8.45. The first-order chi connectivity index (χ1) is 12.4. The molecule has 0 fully saturated rings. The molecule has 0 amide bonds. The summed E-state index contributed by atoms with van der Waals surface area (Å²) in [6, 6.07) is 11.8. The zero-order valence-corrected chi connectivity index (χ0v) is 16.2. The van der Waals surface area contributed by atoms with Crippen LogP contribution in [0, 0.1) is 0 Å². The predicted molar refractivity (Wildman–Crippen MR) is 111 cm³/mol. The molecule has 0 unspecified atom stereocenters. The first kappa shape index (κ1) is 17.3. The monoisotopic (exact) mass is 382 g/mol. The summed E-state index contributed by atoms with van der Waals surface area (Å²) in [5, 5.41) is 15.1. The molecule has 0 bridgehead atoms. The number of hydrogen-bond acceptors (Lipinski definition) is 4. The van der Waals surface area contributed by atoms with E-state index in [1.165, 1.54) is 5.56 Å². The lowest BCUT2D eigenvalue weighted by Gasteiger charge is -2.23. The maximum absolute atomic E-state index is 10.7. The molecule has 0 saturated carbocycles. The minimum absolute atomic E-state index is 0.0924. The predicted octanol–water partition coefficient (Wildman–Crippen LogP) is 5.71. The number of pyridine rings is 1. The molecule has 2 aromatic heterocycles. The minimum Gasteiger partial charge on any atom is -0.507 e. The normalized spacial score (nSPS) is 12.2. The van der Waals surface area contributed by atoms with Gasteiger partial charge < -0.3 is 10.8 Å². The lowest BCUT2D eigenvalue weighted by Crippen LogP contribution is -2.27. The van der Waals surface area contributed by atoms with Crippen molar-refractivity contribution in [1.82, 2.24) is 4.98 Å². The van der Waals surface area contributed by atoms with Gasteiger partial charge in [-0.2, -0.15) is 0 Å². The van der Waals surface area contributed by atoms with Gasteiger partial charge in [0.25, 0.3) is 0 Å². The maximum Gasteiger partial charge on any atom is 0.125 e. The zero-order chi connectivity index (χ0) is 18.5. The van der Waals surface area contributed by atoms with Crippen LogP contribution in [0.5, 0.6) is 5.75 Å². The number of rotatable bonds is 3. The number of nitrogens with zero attached hydrogens (tertiary/aromatic N) is 1. The summed E-state index contributed by atoms with van der Waals surface area (Å²) in [7, 11) is 0. The first-order valence-electron chi connectivity index (χ1n) is 8.41. The van der Waals surface area contributed by atoms with Crippen molar-refractivity contribution in [3.8, 4) is 16.9 Å². The molecule has 0 aliphatic heterocycles. The molecule has 132 valence electrons. The van der Waals surface area contributed by atoms with Crippen LogP contribution in [0.25, 0.3) is 32.1 Å². The number of phenolic OH excluding ortho intramolecular Hbond substituents is 1. The highest BCUT2D eigenvalue weighted by atomic mass is 35.5. The van der Waals surface area contributed by atoms with Gasteiger partial charge >= 0.3 is 0 Å². The molecular weight excluding hydrogens is 364 g/mol. The van der Waals surface area contributed by atoms with Crippen molar-refractivity contribution in [1.29, 1.82) is 0 Å². The smallest absolute Gasteiger partial charge is 0.125 e. The molecule has 0 atom stereocenters. The summed E-state index contributed by atoms with van der Waals surface area (Å²) in [4.78, 5) is 4.53. The molecule has 2 heterocycles. The van der Waals surface area contributed by atoms with Gasteiger partial charge in [-0.25, -0.2) is 0 Å². The van der Waals surface area contributed by atoms with Crippen molar-refractivity contribution >= 4 is 43.9 Å². The van der Waals surface area contributed by atoms with Crippen LogP contribution in [0.15, 0.2) is 48.0 Å². The van der Waals surface area contributed by atoms with Crippen LogP contribution >= 0.6 is 22.9 Å². The van der Waals surface area contributed by atoms with Gasteiger partial charge in [0, 0.05) is 40.6 Å². The summed E-state index contributed by atoms with van der Waals surface area (Å²) >= 11 is 7.99. The Balaban J connectivity index is 2.01. The highest BCUT2D eigenvalue weighted by Gasteiger charge is 2.20. The van der Waals surface area contributed by atoms with E-state index in [9.17, 15) is 5.11 Å². The van der Waals surface area contributed by atoms with E-state index in [2.05, 4.69) is 37.0 Å². The topological polar surface area (TPSA) is 59.1 Å². The van der Waals surface area contributed by atoms with Gasteiger partial charge in [-0.05, 0) is 22.6 Å². The molecule has 26 heavy (non-hydrogen) atoms. The Morgan fingerprint density at radius 3 is 2.62 bits per heavy atom. The molecule has 0 spiro atoms. The summed E-state index contributed by atoms with van der Waals surface area (Å²) in [6.07, 6.45) is 1.84. The second-order valence-electron chi connectivity index (χ2n) is 7.10. The van der Waals surface area contributed by atoms with Crippen molar-refractivity contribution in [3.05, 3.63) is 58.6 Å². The number of aromatic hydroxyl groups is 1. The summed E-state index contributed by atoms with van der Waals surface area (Å²) in [6.45, 7) is 4.81. The maximum atomic E-state index is 10.7. The molecular formula is C21H19ClN2OS. The van der Waals surface area contributed by atoms with Gasteiger partial charge in [-0.15, -0.1) is 11.3 Å².